The first-order valence-electron chi connectivity index (χ1n) is 9.63. The van der Waals surface area contributed by atoms with Gasteiger partial charge in [-0.15, -0.1) is 0 Å². The number of hydrogen-bond donors (Lipinski definition) is 0. The van der Waals surface area contributed by atoms with Crippen LogP contribution in [0.4, 0.5) is 0 Å². The van der Waals surface area contributed by atoms with Gasteiger partial charge in [0.1, 0.15) is 5.75 Å². The van der Waals surface area contributed by atoms with Gasteiger partial charge in [0.25, 0.3) is 0 Å². The van der Waals surface area contributed by atoms with Crippen molar-refractivity contribution in [3.05, 3.63) is 29.8 Å². The van der Waals surface area contributed by atoms with E-state index < -0.39 is 10.1 Å². The number of benzene rings is 1. The predicted octanol–water partition coefficient (Wildman–Crippen LogP) is 4.51. The SMILES string of the molecule is CCCCCCC(=O)N(Cc1cccc(OS(=O)(=O)CC)c1)[C@H](C)CC. The molecule has 0 N–H and O–H groups in total. The average Bonchev–Trinajstić information content (AvgIpc) is 2.62. The van der Waals surface area contributed by atoms with Crippen molar-refractivity contribution in [3.63, 3.8) is 0 Å². The second-order valence-corrected chi connectivity index (χ2v) is 8.53. The summed E-state index contributed by atoms with van der Waals surface area (Å²) in [4.78, 5) is 14.6. The molecule has 1 amide bonds. The Hall–Kier alpha value is -1.56. The van der Waals surface area contributed by atoms with E-state index in [4.69, 9.17) is 4.18 Å². The van der Waals surface area contributed by atoms with Gasteiger partial charge in [0.2, 0.25) is 5.91 Å². The van der Waals surface area contributed by atoms with E-state index in [9.17, 15) is 13.2 Å². The van der Waals surface area contributed by atoms with Crippen molar-refractivity contribution in [2.24, 2.45) is 0 Å². The monoisotopic (exact) mass is 383 g/mol. The Bertz CT molecular complexity index is 658. The van der Waals surface area contributed by atoms with E-state index in [0.717, 1.165) is 37.7 Å². The van der Waals surface area contributed by atoms with Crippen LogP contribution in [0.5, 0.6) is 5.75 Å². The molecule has 0 radical (unpaired) electrons. The third-order valence-corrected chi connectivity index (χ3v) is 5.67. The second-order valence-electron chi connectivity index (χ2n) is 6.67. The van der Waals surface area contributed by atoms with Gasteiger partial charge in [-0.1, -0.05) is 45.2 Å². The highest BCUT2D eigenvalue weighted by Gasteiger charge is 2.19. The molecular formula is C20H33NO4S. The molecule has 5 nitrogen and oxygen atoms in total. The minimum Gasteiger partial charge on any atom is -0.382 e. The highest BCUT2D eigenvalue weighted by molar-refractivity contribution is 7.87. The largest absolute Gasteiger partial charge is 0.382 e. The molecule has 26 heavy (non-hydrogen) atoms. The van der Waals surface area contributed by atoms with E-state index in [1.807, 2.05) is 17.9 Å². The predicted molar refractivity (Wildman–Crippen MR) is 106 cm³/mol. The van der Waals surface area contributed by atoms with Crippen molar-refractivity contribution >= 4 is 16.0 Å². The van der Waals surface area contributed by atoms with Crippen molar-refractivity contribution < 1.29 is 17.4 Å². The zero-order valence-corrected chi connectivity index (χ0v) is 17.3. The van der Waals surface area contributed by atoms with E-state index in [0.29, 0.717) is 18.7 Å². The molecule has 0 aromatic heterocycles. The van der Waals surface area contributed by atoms with Crippen molar-refractivity contribution in [1.82, 2.24) is 4.90 Å². The molecule has 0 unspecified atom stereocenters. The van der Waals surface area contributed by atoms with Gasteiger partial charge in [0.15, 0.2) is 0 Å². The first kappa shape index (κ1) is 22.5. The van der Waals surface area contributed by atoms with Crippen molar-refractivity contribution in [1.29, 1.82) is 0 Å². The Morgan fingerprint density at radius 1 is 1.15 bits per heavy atom. The van der Waals surface area contributed by atoms with Crippen LogP contribution >= 0.6 is 0 Å². The van der Waals surface area contributed by atoms with Gasteiger partial charge in [-0.3, -0.25) is 4.79 Å². The third kappa shape index (κ3) is 7.77. The molecule has 0 saturated heterocycles. The normalized spacial score (nSPS) is 12.6. The van der Waals surface area contributed by atoms with E-state index in [2.05, 4.69) is 13.8 Å². The first-order valence-corrected chi connectivity index (χ1v) is 11.2. The van der Waals surface area contributed by atoms with Gasteiger partial charge < -0.3 is 9.08 Å². The van der Waals surface area contributed by atoms with Crippen LogP contribution in [0.1, 0.15) is 71.8 Å². The highest BCUT2D eigenvalue weighted by atomic mass is 32.2. The smallest absolute Gasteiger partial charge is 0.308 e. The highest BCUT2D eigenvalue weighted by Crippen LogP contribution is 2.19. The van der Waals surface area contributed by atoms with Gasteiger partial charge >= 0.3 is 10.1 Å². The van der Waals surface area contributed by atoms with Crippen LogP contribution in [0.15, 0.2) is 24.3 Å². The molecule has 0 aliphatic rings. The van der Waals surface area contributed by atoms with Gasteiger partial charge in [-0.25, -0.2) is 0 Å². The summed E-state index contributed by atoms with van der Waals surface area (Å²) >= 11 is 0. The van der Waals surface area contributed by atoms with Crippen molar-refractivity contribution in [2.75, 3.05) is 5.75 Å². The Kier molecular flexibility index (Phi) is 9.70. The number of unbranched alkanes of at least 4 members (excludes halogenated alkanes) is 3. The number of rotatable bonds is 12. The van der Waals surface area contributed by atoms with Crippen LogP contribution in [0, 0.1) is 0 Å². The lowest BCUT2D eigenvalue weighted by Crippen LogP contribution is -2.37. The van der Waals surface area contributed by atoms with Crippen molar-refractivity contribution in [3.8, 4) is 5.75 Å². The summed E-state index contributed by atoms with van der Waals surface area (Å²) in [6, 6.07) is 7.11. The minimum absolute atomic E-state index is 0.0769. The molecular weight excluding hydrogens is 350 g/mol. The molecule has 148 valence electrons. The Labute approximate surface area is 158 Å². The van der Waals surface area contributed by atoms with E-state index in [1.165, 1.54) is 0 Å². The molecule has 0 aliphatic carbocycles. The standard InChI is InChI=1S/C20H33NO4S/c1-5-8-9-10-14-20(22)21(17(4)6-2)16-18-12-11-13-19(15-18)25-26(23,24)7-3/h11-13,15,17H,5-10,14,16H2,1-4H3/t17-/m1/s1. The lowest BCUT2D eigenvalue weighted by Gasteiger charge is -2.29. The van der Waals surface area contributed by atoms with E-state index in [-0.39, 0.29) is 17.7 Å². The van der Waals surface area contributed by atoms with E-state index in [1.54, 1.807) is 25.1 Å². The summed E-state index contributed by atoms with van der Waals surface area (Å²) in [7, 11) is -3.55. The quantitative estimate of drug-likeness (QED) is 0.393. The lowest BCUT2D eigenvalue weighted by molar-refractivity contribution is -0.134. The fourth-order valence-electron chi connectivity index (χ4n) is 2.65. The van der Waals surface area contributed by atoms with E-state index >= 15 is 0 Å². The Balaban J connectivity index is 2.83. The summed E-state index contributed by atoms with van der Waals surface area (Å²) in [5.74, 6) is 0.374. The fourth-order valence-corrected chi connectivity index (χ4v) is 3.17. The molecule has 6 heteroatoms. The summed E-state index contributed by atoms with van der Waals surface area (Å²) < 4.78 is 28.4. The number of carbonyl (C=O) groups excluding carboxylic acids is 1. The molecule has 1 aromatic carbocycles. The van der Waals surface area contributed by atoms with Crippen molar-refractivity contribution in [2.45, 2.75) is 78.8 Å². The molecule has 0 bridgehead atoms. The summed E-state index contributed by atoms with van der Waals surface area (Å²) in [6.45, 7) is 8.27. The maximum Gasteiger partial charge on any atom is 0.308 e. The topological polar surface area (TPSA) is 63.7 Å². The number of nitrogens with zero attached hydrogens (tertiary/aromatic N) is 1. The lowest BCUT2D eigenvalue weighted by atomic mass is 10.1. The minimum atomic E-state index is -3.55. The van der Waals surface area contributed by atoms with Gasteiger partial charge in [-0.2, -0.15) is 8.42 Å². The third-order valence-electron chi connectivity index (χ3n) is 4.52. The summed E-state index contributed by atoms with van der Waals surface area (Å²) in [5, 5.41) is 0. The number of hydrogen-bond acceptors (Lipinski definition) is 4. The molecule has 0 spiro atoms. The average molecular weight is 384 g/mol. The Morgan fingerprint density at radius 3 is 2.50 bits per heavy atom. The maximum absolute atomic E-state index is 12.7. The summed E-state index contributed by atoms with van der Waals surface area (Å²) in [5.41, 5.74) is 0.871. The summed E-state index contributed by atoms with van der Waals surface area (Å²) in [6.07, 6.45) is 5.73. The molecule has 1 aromatic rings. The molecule has 1 rings (SSSR count). The van der Waals surface area contributed by atoms with Gasteiger partial charge in [0, 0.05) is 19.0 Å². The van der Waals surface area contributed by atoms with Crippen LogP contribution in [0.2, 0.25) is 0 Å². The van der Waals surface area contributed by atoms with Gasteiger partial charge in [-0.05, 0) is 44.4 Å². The van der Waals surface area contributed by atoms with Crippen LogP contribution in [-0.4, -0.2) is 31.0 Å². The molecule has 1 atom stereocenters. The zero-order chi connectivity index (χ0) is 19.6. The molecule has 0 fully saturated rings. The number of carbonyl (C=O) groups is 1. The first-order chi connectivity index (χ1) is 12.3. The molecule has 0 saturated carbocycles. The van der Waals surface area contributed by atoms with Crippen LogP contribution < -0.4 is 4.18 Å². The van der Waals surface area contributed by atoms with Crippen LogP contribution in [-0.2, 0) is 21.5 Å². The zero-order valence-electron chi connectivity index (χ0n) is 16.5. The maximum atomic E-state index is 12.7. The van der Waals surface area contributed by atoms with Crippen LogP contribution in [0.25, 0.3) is 0 Å². The second kappa shape index (κ2) is 11.2. The molecule has 0 heterocycles. The number of amides is 1. The fraction of sp³-hybridized carbons (Fsp3) is 0.650. The Morgan fingerprint density at radius 2 is 1.88 bits per heavy atom. The molecule has 0 aliphatic heterocycles. The van der Waals surface area contributed by atoms with Crippen LogP contribution in [0.3, 0.4) is 0 Å². The van der Waals surface area contributed by atoms with Gasteiger partial charge in [0.05, 0.1) is 5.75 Å².